The molecule has 0 N–H and O–H groups in total. The summed E-state index contributed by atoms with van der Waals surface area (Å²) >= 11 is 15.6. The van der Waals surface area contributed by atoms with Crippen molar-refractivity contribution in [2.45, 2.75) is 31.4 Å². The fourth-order valence-corrected chi connectivity index (χ4v) is 5.78. The quantitative estimate of drug-likeness (QED) is 0.243. The molecule has 2 rings (SSSR count). The lowest BCUT2D eigenvalue weighted by atomic mass is 10.1. The van der Waals surface area contributed by atoms with Gasteiger partial charge in [-0.2, -0.15) is 13.9 Å². The molecule has 0 aliphatic carbocycles. The third-order valence-electron chi connectivity index (χ3n) is 3.88. The highest BCUT2D eigenvalue weighted by atomic mass is 79.9. The van der Waals surface area contributed by atoms with Crippen molar-refractivity contribution in [1.29, 1.82) is 0 Å². The molecule has 0 saturated carbocycles. The Labute approximate surface area is 190 Å². The Morgan fingerprint density at radius 1 is 1.23 bits per heavy atom. The average molecular weight is 554 g/mol. The molecule has 0 spiro atoms. The number of halogens is 6. The fraction of sp³-hybridized carbons (Fsp3) is 0.471. The molecular formula is C17H19BrCl2F3N2O4P. The van der Waals surface area contributed by atoms with Gasteiger partial charge in [0.2, 0.25) is 5.88 Å². The highest BCUT2D eigenvalue weighted by Gasteiger charge is 2.34. The van der Waals surface area contributed by atoms with Crippen LogP contribution in [0.5, 0.6) is 5.88 Å². The number of alkyl halides is 3. The zero-order chi connectivity index (χ0) is 22.6. The Bertz CT molecular complexity index is 938. The van der Waals surface area contributed by atoms with Gasteiger partial charge in [0.1, 0.15) is 21.1 Å². The molecule has 1 heterocycles. The topological polar surface area (TPSA) is 62.6 Å². The lowest BCUT2D eigenvalue weighted by Gasteiger charge is -2.22. The fourth-order valence-electron chi connectivity index (χ4n) is 2.65. The Morgan fingerprint density at radius 3 is 2.37 bits per heavy atom. The molecule has 0 saturated heterocycles. The van der Waals surface area contributed by atoms with Crippen molar-refractivity contribution in [3.8, 4) is 17.1 Å². The first-order valence-corrected chi connectivity index (χ1v) is 12.0. The molecule has 1 aromatic carbocycles. The van der Waals surface area contributed by atoms with Gasteiger partial charge in [0.05, 0.1) is 13.2 Å². The third kappa shape index (κ3) is 5.72. The Balaban J connectivity index is 2.45. The summed E-state index contributed by atoms with van der Waals surface area (Å²) < 4.78 is 67.9. The molecule has 1 atom stereocenters. The summed E-state index contributed by atoms with van der Waals surface area (Å²) in [6.45, 7) is 0.556. The van der Waals surface area contributed by atoms with Crippen LogP contribution in [0.3, 0.4) is 0 Å². The van der Waals surface area contributed by atoms with E-state index in [1.54, 1.807) is 13.8 Å². The van der Waals surface area contributed by atoms with Gasteiger partial charge in [-0.1, -0.05) is 39.1 Å². The molecule has 1 aromatic heterocycles. The van der Waals surface area contributed by atoms with Crippen molar-refractivity contribution in [2.75, 3.05) is 13.2 Å². The molecule has 0 aliphatic heterocycles. The first-order chi connectivity index (χ1) is 14.0. The summed E-state index contributed by atoms with van der Waals surface area (Å²) in [7, 11) is -2.18. The van der Waals surface area contributed by atoms with Crippen LogP contribution in [0, 0.1) is 5.82 Å². The van der Waals surface area contributed by atoms with Gasteiger partial charge in [-0.05, 0) is 38.0 Å². The van der Waals surface area contributed by atoms with Crippen molar-refractivity contribution in [3.05, 3.63) is 33.6 Å². The van der Waals surface area contributed by atoms with Gasteiger partial charge >= 0.3 is 14.2 Å². The minimum Gasteiger partial charge on any atom is -0.416 e. The largest absolute Gasteiger partial charge is 0.416 e. The summed E-state index contributed by atoms with van der Waals surface area (Å²) in [6, 6.07) is 2.39. The van der Waals surface area contributed by atoms with Crippen LogP contribution < -0.4 is 4.74 Å². The maximum Gasteiger partial charge on any atom is 0.388 e. The molecule has 168 valence electrons. The first kappa shape index (κ1) is 25.5. The SMILES string of the molecule is CCOP(=O)(OCC)C(Br)Cc1cc(-c2nn(C)c(OC(F)F)c2Cl)c(F)cc1Cl. The van der Waals surface area contributed by atoms with Gasteiger partial charge in [-0.25, -0.2) is 9.07 Å². The number of benzene rings is 1. The summed E-state index contributed by atoms with van der Waals surface area (Å²) in [5.74, 6) is -1.18. The van der Waals surface area contributed by atoms with Crippen LogP contribution in [0.4, 0.5) is 13.2 Å². The molecule has 0 fully saturated rings. The number of hydrogen-bond donors (Lipinski definition) is 0. The minimum atomic E-state index is -3.51. The number of aryl methyl sites for hydroxylation is 1. The van der Waals surface area contributed by atoms with Crippen LogP contribution in [0.25, 0.3) is 11.3 Å². The number of hydrogen-bond acceptors (Lipinski definition) is 5. The van der Waals surface area contributed by atoms with Gasteiger partial charge in [0.25, 0.3) is 0 Å². The zero-order valence-electron chi connectivity index (χ0n) is 16.2. The average Bonchev–Trinajstić information content (AvgIpc) is 2.92. The second-order valence-corrected chi connectivity index (χ2v) is 10.7. The maximum atomic E-state index is 14.6. The number of rotatable bonds is 10. The lowest BCUT2D eigenvalue weighted by molar-refractivity contribution is -0.0552. The molecule has 13 heteroatoms. The molecule has 1 unspecified atom stereocenters. The van der Waals surface area contributed by atoms with Crippen LogP contribution in [-0.2, 0) is 27.1 Å². The normalized spacial score (nSPS) is 13.1. The second kappa shape index (κ2) is 10.7. The Morgan fingerprint density at radius 2 is 1.83 bits per heavy atom. The van der Waals surface area contributed by atoms with Gasteiger partial charge in [0, 0.05) is 17.6 Å². The van der Waals surface area contributed by atoms with Crippen molar-refractivity contribution in [1.82, 2.24) is 9.78 Å². The van der Waals surface area contributed by atoms with E-state index in [-0.39, 0.29) is 40.9 Å². The third-order valence-corrected chi connectivity index (χ3v) is 8.51. The van der Waals surface area contributed by atoms with Crippen LogP contribution in [0.2, 0.25) is 10.0 Å². The second-order valence-electron chi connectivity index (χ2n) is 5.91. The molecule has 6 nitrogen and oxygen atoms in total. The monoisotopic (exact) mass is 552 g/mol. The van der Waals surface area contributed by atoms with Gasteiger partial charge in [-0.15, -0.1) is 0 Å². The summed E-state index contributed by atoms with van der Waals surface area (Å²) in [4.78, 5) is 0. The van der Waals surface area contributed by atoms with Gasteiger partial charge in [-0.3, -0.25) is 4.57 Å². The van der Waals surface area contributed by atoms with E-state index in [1.165, 1.54) is 13.1 Å². The highest BCUT2D eigenvalue weighted by Crippen LogP contribution is 2.56. The van der Waals surface area contributed by atoms with Crippen molar-refractivity contribution in [2.24, 2.45) is 7.05 Å². The summed E-state index contributed by atoms with van der Waals surface area (Å²) in [6.07, 6.45) is 0.0637. The Kier molecular flexibility index (Phi) is 9.09. The Hall–Kier alpha value is -0.770. The molecule has 30 heavy (non-hydrogen) atoms. The minimum absolute atomic E-state index is 0.0637. The van der Waals surface area contributed by atoms with E-state index in [0.717, 1.165) is 10.7 Å². The molecule has 0 radical (unpaired) electrons. The van der Waals surface area contributed by atoms with Crippen LogP contribution in [-0.4, -0.2) is 34.2 Å². The smallest absolute Gasteiger partial charge is 0.388 e. The number of aromatic nitrogens is 2. The van der Waals surface area contributed by atoms with Crippen molar-refractivity contribution >= 4 is 46.7 Å². The molecule has 0 aliphatic rings. The number of nitrogens with zero attached hydrogens (tertiary/aromatic N) is 2. The molecule has 0 bridgehead atoms. The van der Waals surface area contributed by atoms with Crippen LogP contribution in [0.15, 0.2) is 12.1 Å². The van der Waals surface area contributed by atoms with Crippen molar-refractivity contribution in [3.63, 3.8) is 0 Å². The van der Waals surface area contributed by atoms with Crippen molar-refractivity contribution < 1.29 is 31.5 Å². The van der Waals surface area contributed by atoms with E-state index in [1.807, 2.05) is 0 Å². The lowest BCUT2D eigenvalue weighted by Crippen LogP contribution is -2.10. The van der Waals surface area contributed by atoms with E-state index in [4.69, 9.17) is 32.2 Å². The molecular weight excluding hydrogens is 535 g/mol. The number of ether oxygens (including phenoxy) is 1. The highest BCUT2D eigenvalue weighted by molar-refractivity contribution is 9.10. The zero-order valence-corrected chi connectivity index (χ0v) is 20.2. The van der Waals surface area contributed by atoms with E-state index >= 15 is 0 Å². The summed E-state index contributed by atoms with van der Waals surface area (Å²) in [5.41, 5.74) is 0.211. The van der Waals surface area contributed by atoms with Gasteiger partial charge in [0.15, 0.2) is 0 Å². The predicted octanol–water partition coefficient (Wildman–Crippen LogP) is 6.66. The maximum absolute atomic E-state index is 14.6. The van der Waals surface area contributed by atoms with E-state index < -0.39 is 30.5 Å². The van der Waals surface area contributed by atoms with E-state index in [0.29, 0.717) is 5.56 Å². The molecule has 2 aromatic rings. The van der Waals surface area contributed by atoms with E-state index in [9.17, 15) is 17.7 Å². The predicted molar refractivity (Wildman–Crippen MR) is 113 cm³/mol. The standard InChI is InChI=1S/C17H19BrCl2F3N2O4P/c1-4-27-30(26,28-5-2)13(18)7-9-6-10(12(21)8-11(9)19)15-14(20)16(25(3)24-15)29-17(22)23/h6,8,13,17H,4-5,7H2,1-3H3. The van der Waals surface area contributed by atoms with Gasteiger partial charge < -0.3 is 13.8 Å². The van der Waals surface area contributed by atoms with Crippen LogP contribution >= 0.6 is 46.7 Å². The van der Waals surface area contributed by atoms with Crippen LogP contribution in [0.1, 0.15) is 19.4 Å². The molecule has 0 amide bonds. The first-order valence-electron chi connectivity index (χ1n) is 8.72. The van der Waals surface area contributed by atoms with E-state index in [2.05, 4.69) is 25.8 Å². The summed E-state index contributed by atoms with van der Waals surface area (Å²) in [5, 5.41) is 3.76.